The highest BCUT2D eigenvalue weighted by Gasteiger charge is 2.26. The number of ether oxygens (including phenoxy) is 4. The molecular formula is C23H25N3O8S. The number of pyridine rings is 1. The van der Waals surface area contributed by atoms with Gasteiger partial charge in [0.05, 0.1) is 44.6 Å². The lowest BCUT2D eigenvalue weighted by atomic mass is 10.1. The Morgan fingerprint density at radius 1 is 0.971 bits per heavy atom. The summed E-state index contributed by atoms with van der Waals surface area (Å²) >= 11 is 0. The van der Waals surface area contributed by atoms with E-state index in [1.807, 2.05) is 0 Å². The van der Waals surface area contributed by atoms with Gasteiger partial charge in [-0.1, -0.05) is 6.07 Å². The molecule has 0 aliphatic carbocycles. The van der Waals surface area contributed by atoms with Crippen LogP contribution in [0.5, 0.6) is 23.0 Å². The number of carbonyl (C=O) groups excluding carboxylic acids is 1. The van der Waals surface area contributed by atoms with Crippen molar-refractivity contribution in [1.29, 1.82) is 0 Å². The molecular weight excluding hydrogens is 478 g/mol. The van der Waals surface area contributed by atoms with Crippen LogP contribution in [0.1, 0.15) is 15.9 Å². The van der Waals surface area contributed by atoms with Gasteiger partial charge in [-0.25, -0.2) is 18.9 Å². The third kappa shape index (κ3) is 5.08. The number of nitrogens with zero attached hydrogens (tertiary/aromatic N) is 1. The summed E-state index contributed by atoms with van der Waals surface area (Å²) in [7, 11) is 1.67. The van der Waals surface area contributed by atoms with E-state index in [9.17, 15) is 18.4 Å². The summed E-state index contributed by atoms with van der Waals surface area (Å²) in [6, 6.07) is 10.5. The Labute approximate surface area is 202 Å². The molecule has 1 aromatic heterocycles. The van der Waals surface area contributed by atoms with E-state index in [1.54, 1.807) is 29.7 Å². The topological polar surface area (TPSA) is 145 Å². The van der Waals surface area contributed by atoms with Crippen molar-refractivity contribution in [1.82, 2.24) is 10.5 Å². The maximum Gasteiger partial charge on any atom is 0.277 e. The minimum atomic E-state index is -3.97. The van der Waals surface area contributed by atoms with E-state index in [1.165, 1.54) is 52.8 Å². The molecule has 35 heavy (non-hydrogen) atoms. The van der Waals surface area contributed by atoms with Gasteiger partial charge in [0.2, 0.25) is 15.6 Å². The number of hydrogen-bond donors (Lipinski definition) is 3. The molecule has 3 rings (SSSR count). The maximum absolute atomic E-state index is 13.3. The molecule has 12 heteroatoms. The van der Waals surface area contributed by atoms with Crippen LogP contribution in [0.2, 0.25) is 0 Å². The second kappa shape index (κ2) is 10.9. The summed E-state index contributed by atoms with van der Waals surface area (Å²) in [5, 5.41) is 12.1. The van der Waals surface area contributed by atoms with E-state index in [0.29, 0.717) is 11.3 Å². The molecule has 11 nitrogen and oxygen atoms in total. The van der Waals surface area contributed by atoms with Gasteiger partial charge in [0.15, 0.2) is 16.5 Å². The third-order valence-electron chi connectivity index (χ3n) is 5.11. The molecule has 0 saturated heterocycles. The van der Waals surface area contributed by atoms with E-state index in [2.05, 4.69) is 10.3 Å². The molecule has 0 aliphatic heterocycles. The molecule has 1 amide bonds. The van der Waals surface area contributed by atoms with Crippen LogP contribution in [0, 0.1) is 0 Å². The van der Waals surface area contributed by atoms with Gasteiger partial charge in [0, 0.05) is 18.3 Å². The SMILES string of the molecule is COc1ccc(S(=O)(=O)c2ncccc2CNc2c(C(=O)NO)cc(OC)c(OC)c2OC)cc1. The second-order valence-corrected chi connectivity index (χ2v) is 8.87. The molecule has 0 aliphatic rings. The first-order valence-corrected chi connectivity index (χ1v) is 11.6. The number of methoxy groups -OCH3 is 4. The van der Waals surface area contributed by atoms with E-state index < -0.39 is 15.7 Å². The predicted octanol–water partition coefficient (Wildman–Crippen LogP) is 2.68. The summed E-state index contributed by atoms with van der Waals surface area (Å²) in [4.78, 5) is 16.5. The zero-order valence-corrected chi connectivity index (χ0v) is 20.3. The first-order valence-electron chi connectivity index (χ1n) is 10.2. The Kier molecular flexibility index (Phi) is 7.99. The highest BCUT2D eigenvalue weighted by molar-refractivity contribution is 7.91. The van der Waals surface area contributed by atoms with Crippen molar-refractivity contribution in [2.45, 2.75) is 16.5 Å². The van der Waals surface area contributed by atoms with Crippen molar-refractivity contribution in [2.24, 2.45) is 0 Å². The smallest absolute Gasteiger partial charge is 0.277 e. The first-order chi connectivity index (χ1) is 16.8. The maximum atomic E-state index is 13.3. The van der Waals surface area contributed by atoms with Crippen molar-refractivity contribution in [2.75, 3.05) is 33.8 Å². The van der Waals surface area contributed by atoms with E-state index in [0.717, 1.165) is 0 Å². The number of benzene rings is 2. The highest BCUT2D eigenvalue weighted by atomic mass is 32.2. The van der Waals surface area contributed by atoms with Crippen molar-refractivity contribution >= 4 is 21.4 Å². The quantitative estimate of drug-likeness (QED) is 0.279. The van der Waals surface area contributed by atoms with Crippen molar-refractivity contribution in [3.63, 3.8) is 0 Å². The molecule has 186 valence electrons. The largest absolute Gasteiger partial charge is 0.497 e. The minimum Gasteiger partial charge on any atom is -0.497 e. The number of sulfone groups is 1. The molecule has 2 aromatic carbocycles. The van der Waals surface area contributed by atoms with Crippen molar-refractivity contribution in [3.05, 3.63) is 59.8 Å². The van der Waals surface area contributed by atoms with Gasteiger partial charge in [-0.15, -0.1) is 0 Å². The van der Waals surface area contributed by atoms with Gasteiger partial charge in [-0.2, -0.15) is 0 Å². The lowest BCUT2D eigenvalue weighted by molar-refractivity contribution is 0.0706. The zero-order valence-electron chi connectivity index (χ0n) is 19.5. The average molecular weight is 504 g/mol. The molecule has 0 bridgehead atoms. The van der Waals surface area contributed by atoms with E-state index in [4.69, 9.17) is 18.9 Å². The summed E-state index contributed by atoms with van der Waals surface area (Å²) in [6.07, 6.45) is 1.38. The lowest BCUT2D eigenvalue weighted by Gasteiger charge is -2.20. The number of hydroxylamine groups is 1. The Hall–Kier alpha value is -4.03. The Balaban J connectivity index is 2.06. The Morgan fingerprint density at radius 2 is 1.66 bits per heavy atom. The second-order valence-electron chi connectivity index (χ2n) is 7.01. The fourth-order valence-corrected chi connectivity index (χ4v) is 4.82. The molecule has 0 unspecified atom stereocenters. The zero-order chi connectivity index (χ0) is 25.6. The standard InChI is InChI=1S/C23H25N3O8S/c1-31-15-7-9-16(10-8-15)35(29,30)23-14(6-5-11-24-23)13-25-19-17(22(27)26-28)12-18(32-2)20(33-3)21(19)34-4/h5-12,25,28H,13H2,1-4H3,(H,26,27). The molecule has 0 saturated carbocycles. The van der Waals surface area contributed by atoms with Crippen LogP contribution in [0.25, 0.3) is 0 Å². The molecule has 0 fully saturated rings. The number of carbonyl (C=O) groups is 1. The van der Waals surface area contributed by atoms with E-state index >= 15 is 0 Å². The normalized spacial score (nSPS) is 10.9. The number of hydrogen-bond acceptors (Lipinski definition) is 10. The number of nitrogens with one attached hydrogen (secondary N) is 2. The van der Waals surface area contributed by atoms with Crippen molar-refractivity contribution in [3.8, 4) is 23.0 Å². The minimum absolute atomic E-state index is 0.0227. The first kappa shape index (κ1) is 25.6. The van der Waals surface area contributed by atoms with Crippen LogP contribution >= 0.6 is 0 Å². The van der Waals surface area contributed by atoms with Crippen LogP contribution < -0.4 is 29.7 Å². The molecule has 3 N–H and O–H groups in total. The Bertz CT molecular complexity index is 1310. The lowest BCUT2D eigenvalue weighted by Crippen LogP contribution is -2.21. The number of rotatable bonds is 10. The molecule has 0 radical (unpaired) electrons. The molecule has 0 spiro atoms. The van der Waals surface area contributed by atoms with Gasteiger partial charge in [0.25, 0.3) is 5.91 Å². The summed E-state index contributed by atoms with van der Waals surface area (Å²) in [5.74, 6) is 0.182. The van der Waals surface area contributed by atoms with Gasteiger partial charge in [-0.3, -0.25) is 10.0 Å². The van der Waals surface area contributed by atoms with Gasteiger partial charge < -0.3 is 24.3 Å². The fourth-order valence-electron chi connectivity index (χ4n) is 3.42. The van der Waals surface area contributed by atoms with Crippen LogP contribution in [0.3, 0.4) is 0 Å². The number of amides is 1. The Morgan fingerprint density at radius 3 is 2.23 bits per heavy atom. The van der Waals surface area contributed by atoms with Crippen molar-refractivity contribution < 1.29 is 37.4 Å². The van der Waals surface area contributed by atoms with Gasteiger partial charge >= 0.3 is 0 Å². The van der Waals surface area contributed by atoms with Crippen LogP contribution in [0.15, 0.2) is 58.6 Å². The molecule has 1 heterocycles. The average Bonchev–Trinajstić information content (AvgIpc) is 2.90. The summed E-state index contributed by atoms with van der Waals surface area (Å²) in [5.41, 5.74) is 2.03. The fraction of sp³-hybridized carbons (Fsp3) is 0.217. The number of aromatic nitrogens is 1. The van der Waals surface area contributed by atoms with Crippen LogP contribution in [-0.2, 0) is 16.4 Å². The predicted molar refractivity (Wildman–Crippen MR) is 125 cm³/mol. The molecule has 0 atom stereocenters. The summed E-state index contributed by atoms with van der Waals surface area (Å²) < 4.78 is 47.8. The van der Waals surface area contributed by atoms with E-state index in [-0.39, 0.29) is 45.0 Å². The molecule has 3 aromatic rings. The van der Waals surface area contributed by atoms with Crippen LogP contribution in [0.4, 0.5) is 5.69 Å². The van der Waals surface area contributed by atoms with Gasteiger partial charge in [-0.05, 0) is 36.4 Å². The summed E-state index contributed by atoms with van der Waals surface area (Å²) in [6.45, 7) is -0.0594. The van der Waals surface area contributed by atoms with Crippen LogP contribution in [-0.4, -0.2) is 53.0 Å². The third-order valence-corrected chi connectivity index (χ3v) is 6.88. The number of anilines is 1. The monoisotopic (exact) mass is 503 g/mol. The van der Waals surface area contributed by atoms with Gasteiger partial charge in [0.1, 0.15) is 5.75 Å². The highest BCUT2D eigenvalue weighted by Crippen LogP contribution is 2.45.